The van der Waals surface area contributed by atoms with Crippen molar-refractivity contribution in [1.29, 1.82) is 0 Å². The molecule has 0 heterocycles. The van der Waals surface area contributed by atoms with Crippen molar-refractivity contribution in [2.75, 3.05) is 0 Å². The lowest BCUT2D eigenvalue weighted by Gasteiger charge is -2.25. The quantitative estimate of drug-likeness (QED) is 0.487. The number of hydrogen-bond acceptors (Lipinski definition) is 2. The second-order valence-electron chi connectivity index (χ2n) is 3.47. The van der Waals surface area contributed by atoms with Crippen LogP contribution in [0.2, 0.25) is 0 Å². The standard InChI is InChI=1S/C8H16N2O2/c1-6(10(12)8(9)11)7-4-2-3-5-7/h6-7,12H,2-5H2,1H3,(H2,9,11). The van der Waals surface area contributed by atoms with E-state index in [9.17, 15) is 10.0 Å². The summed E-state index contributed by atoms with van der Waals surface area (Å²) in [7, 11) is 0. The van der Waals surface area contributed by atoms with E-state index in [2.05, 4.69) is 0 Å². The molecular formula is C8H16N2O2. The Hall–Kier alpha value is -0.770. The molecule has 0 radical (unpaired) electrons. The molecule has 0 aromatic heterocycles. The van der Waals surface area contributed by atoms with E-state index >= 15 is 0 Å². The van der Waals surface area contributed by atoms with Crippen LogP contribution in [0.1, 0.15) is 32.6 Å². The summed E-state index contributed by atoms with van der Waals surface area (Å²) in [5.41, 5.74) is 4.94. The zero-order valence-corrected chi connectivity index (χ0v) is 7.36. The van der Waals surface area contributed by atoms with Crippen LogP contribution in [-0.2, 0) is 0 Å². The number of hydroxylamine groups is 2. The number of primary amides is 1. The number of carbonyl (C=O) groups is 1. The van der Waals surface area contributed by atoms with Crippen LogP contribution in [0.3, 0.4) is 0 Å². The molecule has 1 rings (SSSR count). The molecule has 0 aliphatic heterocycles. The molecule has 2 amide bonds. The van der Waals surface area contributed by atoms with E-state index < -0.39 is 6.03 Å². The summed E-state index contributed by atoms with van der Waals surface area (Å²) in [6.45, 7) is 1.83. The lowest BCUT2D eigenvalue weighted by atomic mass is 10.00. The fourth-order valence-corrected chi connectivity index (χ4v) is 1.84. The van der Waals surface area contributed by atoms with Gasteiger partial charge < -0.3 is 5.73 Å². The summed E-state index contributed by atoms with van der Waals surface area (Å²) in [6.07, 6.45) is 4.57. The van der Waals surface area contributed by atoms with Gasteiger partial charge in [0.05, 0.1) is 6.04 Å². The summed E-state index contributed by atoms with van der Waals surface area (Å²) in [6, 6.07) is -0.889. The highest BCUT2D eigenvalue weighted by atomic mass is 16.5. The summed E-state index contributed by atoms with van der Waals surface area (Å²) < 4.78 is 0. The Morgan fingerprint density at radius 1 is 1.58 bits per heavy atom. The van der Waals surface area contributed by atoms with Gasteiger partial charge in [-0.2, -0.15) is 0 Å². The smallest absolute Gasteiger partial charge is 0.338 e. The van der Waals surface area contributed by atoms with Crippen LogP contribution in [0.25, 0.3) is 0 Å². The van der Waals surface area contributed by atoms with Gasteiger partial charge in [0.2, 0.25) is 0 Å². The van der Waals surface area contributed by atoms with Gasteiger partial charge in [-0.3, -0.25) is 5.21 Å². The van der Waals surface area contributed by atoms with Crippen molar-refractivity contribution in [3.8, 4) is 0 Å². The zero-order valence-electron chi connectivity index (χ0n) is 7.36. The van der Waals surface area contributed by atoms with E-state index in [1.807, 2.05) is 6.92 Å². The van der Waals surface area contributed by atoms with Crippen molar-refractivity contribution in [2.45, 2.75) is 38.6 Å². The van der Waals surface area contributed by atoms with Crippen molar-refractivity contribution in [2.24, 2.45) is 11.7 Å². The molecule has 1 atom stereocenters. The van der Waals surface area contributed by atoms with Gasteiger partial charge in [0.25, 0.3) is 0 Å². The molecule has 1 unspecified atom stereocenters. The number of nitrogens with zero attached hydrogens (tertiary/aromatic N) is 1. The number of amides is 2. The van der Waals surface area contributed by atoms with Crippen LogP contribution in [-0.4, -0.2) is 22.3 Å². The van der Waals surface area contributed by atoms with E-state index in [0.29, 0.717) is 11.0 Å². The Kier molecular flexibility index (Phi) is 2.92. The van der Waals surface area contributed by atoms with Crippen LogP contribution < -0.4 is 5.73 Å². The predicted octanol–water partition coefficient (Wildman–Crippen LogP) is 1.33. The first-order valence-electron chi connectivity index (χ1n) is 4.40. The maximum Gasteiger partial charge on any atom is 0.338 e. The number of rotatable bonds is 2. The van der Waals surface area contributed by atoms with Crippen LogP contribution >= 0.6 is 0 Å². The highest BCUT2D eigenvalue weighted by Gasteiger charge is 2.27. The third-order valence-electron chi connectivity index (χ3n) is 2.69. The number of urea groups is 1. The van der Waals surface area contributed by atoms with Crippen LogP contribution in [0.5, 0.6) is 0 Å². The number of carbonyl (C=O) groups excluding carboxylic acids is 1. The number of nitrogens with two attached hydrogens (primary N) is 1. The molecule has 0 bridgehead atoms. The Morgan fingerprint density at radius 2 is 2.08 bits per heavy atom. The topological polar surface area (TPSA) is 66.6 Å². The molecule has 0 saturated heterocycles. The van der Waals surface area contributed by atoms with E-state index in [1.54, 1.807) is 0 Å². The maximum atomic E-state index is 10.6. The van der Waals surface area contributed by atoms with Gasteiger partial charge in [0, 0.05) is 0 Å². The summed E-state index contributed by atoms with van der Waals surface area (Å²) in [5, 5.41) is 9.86. The van der Waals surface area contributed by atoms with E-state index in [-0.39, 0.29) is 6.04 Å². The fraction of sp³-hybridized carbons (Fsp3) is 0.875. The molecule has 12 heavy (non-hydrogen) atoms. The minimum absolute atomic E-state index is 0.134. The molecule has 0 aromatic carbocycles. The highest BCUT2D eigenvalue weighted by Crippen LogP contribution is 2.29. The third-order valence-corrected chi connectivity index (χ3v) is 2.69. The van der Waals surface area contributed by atoms with Crippen LogP contribution in [0, 0.1) is 5.92 Å². The fourth-order valence-electron chi connectivity index (χ4n) is 1.84. The van der Waals surface area contributed by atoms with Gasteiger partial charge in [-0.05, 0) is 25.7 Å². The van der Waals surface area contributed by atoms with Crippen molar-refractivity contribution in [1.82, 2.24) is 5.06 Å². The Balaban J connectivity index is 2.44. The Bertz CT molecular complexity index is 166. The first-order valence-corrected chi connectivity index (χ1v) is 4.40. The van der Waals surface area contributed by atoms with Crippen LogP contribution in [0.4, 0.5) is 4.79 Å². The highest BCUT2D eigenvalue weighted by molar-refractivity contribution is 5.70. The van der Waals surface area contributed by atoms with E-state index in [4.69, 9.17) is 5.73 Å². The molecule has 0 spiro atoms. The van der Waals surface area contributed by atoms with Crippen molar-refractivity contribution >= 4 is 6.03 Å². The lowest BCUT2D eigenvalue weighted by molar-refractivity contribution is -0.0848. The summed E-state index contributed by atoms with van der Waals surface area (Å²) in [5.74, 6) is 0.419. The first kappa shape index (κ1) is 9.32. The molecule has 4 nitrogen and oxygen atoms in total. The average molecular weight is 172 g/mol. The van der Waals surface area contributed by atoms with Gasteiger partial charge in [-0.1, -0.05) is 12.8 Å². The molecule has 70 valence electrons. The van der Waals surface area contributed by atoms with E-state index in [1.165, 1.54) is 12.8 Å². The number of hydrogen-bond donors (Lipinski definition) is 2. The normalized spacial score (nSPS) is 20.8. The zero-order chi connectivity index (χ0) is 9.14. The monoisotopic (exact) mass is 172 g/mol. The molecule has 3 N–H and O–H groups in total. The SMILES string of the molecule is CC(C1CCCC1)N(O)C(N)=O. The average Bonchev–Trinajstić information content (AvgIpc) is 2.53. The molecule has 1 aliphatic carbocycles. The van der Waals surface area contributed by atoms with Gasteiger partial charge in [0.1, 0.15) is 0 Å². The second-order valence-corrected chi connectivity index (χ2v) is 3.47. The predicted molar refractivity (Wildman–Crippen MR) is 44.6 cm³/mol. The van der Waals surface area contributed by atoms with Crippen molar-refractivity contribution in [3.63, 3.8) is 0 Å². The minimum atomic E-state index is -0.755. The van der Waals surface area contributed by atoms with Gasteiger partial charge >= 0.3 is 6.03 Å². The molecule has 4 heteroatoms. The second kappa shape index (κ2) is 3.76. The van der Waals surface area contributed by atoms with Gasteiger partial charge in [0.15, 0.2) is 0 Å². The largest absolute Gasteiger partial charge is 0.350 e. The van der Waals surface area contributed by atoms with Crippen LogP contribution in [0.15, 0.2) is 0 Å². The third kappa shape index (κ3) is 1.88. The minimum Gasteiger partial charge on any atom is -0.350 e. The van der Waals surface area contributed by atoms with Gasteiger partial charge in [-0.15, -0.1) is 0 Å². The molecule has 1 fully saturated rings. The van der Waals surface area contributed by atoms with E-state index in [0.717, 1.165) is 12.8 Å². The summed E-state index contributed by atoms with van der Waals surface area (Å²) in [4.78, 5) is 10.6. The molecular weight excluding hydrogens is 156 g/mol. The Labute approximate surface area is 72.3 Å². The maximum absolute atomic E-state index is 10.6. The Morgan fingerprint density at radius 3 is 2.50 bits per heavy atom. The summed E-state index contributed by atoms with van der Waals surface area (Å²) >= 11 is 0. The first-order chi connectivity index (χ1) is 5.63. The lowest BCUT2D eigenvalue weighted by Crippen LogP contribution is -2.42. The molecule has 1 saturated carbocycles. The molecule has 0 aromatic rings. The van der Waals surface area contributed by atoms with Gasteiger partial charge in [-0.25, -0.2) is 9.86 Å². The van der Waals surface area contributed by atoms with Crippen molar-refractivity contribution in [3.05, 3.63) is 0 Å². The van der Waals surface area contributed by atoms with Crippen molar-refractivity contribution < 1.29 is 10.0 Å². The molecule has 1 aliphatic rings.